The van der Waals surface area contributed by atoms with Crippen molar-refractivity contribution in [2.45, 2.75) is 38.8 Å². The summed E-state index contributed by atoms with van der Waals surface area (Å²) in [5.41, 5.74) is 0.208. The topological polar surface area (TPSA) is 100 Å². The van der Waals surface area contributed by atoms with Crippen molar-refractivity contribution < 1.29 is 9.21 Å². The Morgan fingerprint density at radius 2 is 2.00 bits per heavy atom. The number of amides is 1. The first-order chi connectivity index (χ1) is 14.6. The van der Waals surface area contributed by atoms with Gasteiger partial charge in [0.25, 0.3) is 5.91 Å². The Morgan fingerprint density at radius 1 is 1.20 bits per heavy atom. The van der Waals surface area contributed by atoms with E-state index in [2.05, 4.69) is 15.2 Å². The Labute approximate surface area is 173 Å². The van der Waals surface area contributed by atoms with Crippen molar-refractivity contribution in [3.8, 4) is 0 Å². The molecule has 1 aliphatic heterocycles. The molecule has 0 aliphatic carbocycles. The summed E-state index contributed by atoms with van der Waals surface area (Å²) in [7, 11) is 0. The maximum absolute atomic E-state index is 12.8. The highest BCUT2D eigenvalue weighted by Crippen LogP contribution is 2.24. The van der Waals surface area contributed by atoms with Crippen molar-refractivity contribution >= 4 is 16.9 Å². The number of nitrogens with zero attached hydrogens (tertiary/aromatic N) is 2. The fourth-order valence-electron chi connectivity index (χ4n) is 4.15. The van der Waals surface area contributed by atoms with Gasteiger partial charge in [0.15, 0.2) is 0 Å². The number of nitrogens with one attached hydrogen (secondary N) is 2. The molecule has 0 bridgehead atoms. The number of hydrogen-bond donors (Lipinski definition) is 2. The number of aromatic amines is 1. The number of carbonyl (C=O) groups is 1. The van der Waals surface area contributed by atoms with E-state index in [1.807, 2.05) is 12.1 Å². The number of rotatable bonds is 6. The Morgan fingerprint density at radius 3 is 2.70 bits per heavy atom. The summed E-state index contributed by atoms with van der Waals surface area (Å²) >= 11 is 0. The summed E-state index contributed by atoms with van der Waals surface area (Å²) < 4.78 is 7.03. The highest BCUT2D eigenvalue weighted by Gasteiger charge is 2.25. The summed E-state index contributed by atoms with van der Waals surface area (Å²) in [6.07, 6.45) is 5.16. The van der Waals surface area contributed by atoms with Crippen LogP contribution in [0.3, 0.4) is 0 Å². The van der Waals surface area contributed by atoms with Crippen LogP contribution in [-0.4, -0.2) is 40.0 Å². The van der Waals surface area contributed by atoms with Gasteiger partial charge in [0.05, 0.1) is 23.3 Å². The number of fused-ring (bicyclic) bond motifs is 1. The second kappa shape index (κ2) is 8.71. The average Bonchev–Trinajstić information content (AvgIpc) is 3.30. The molecule has 1 fully saturated rings. The van der Waals surface area contributed by atoms with Gasteiger partial charge in [-0.1, -0.05) is 6.42 Å². The number of benzene rings is 1. The summed E-state index contributed by atoms with van der Waals surface area (Å²) in [5.74, 6) is 0.604. The van der Waals surface area contributed by atoms with Crippen LogP contribution in [0.25, 0.3) is 11.0 Å². The number of furan rings is 1. The molecule has 0 unspecified atom stereocenters. The van der Waals surface area contributed by atoms with Gasteiger partial charge in [0, 0.05) is 18.7 Å². The molecule has 1 aliphatic rings. The van der Waals surface area contributed by atoms with Crippen LogP contribution in [0.4, 0.5) is 0 Å². The van der Waals surface area contributed by atoms with Gasteiger partial charge < -0.3 is 19.3 Å². The first kappa shape index (κ1) is 20.2. The standard InChI is InChI=1S/C22H26N4O4/c1-2-26-17-9-8-15(13-16(17)24-21(28)22(26)29)20(27)23-14-18(19-7-6-12-30-19)25-10-4-3-5-11-25/h6-9,12-13,18H,2-5,10-11,14H2,1H3,(H,23,27)(H,24,28)/t18-/m1/s1. The minimum Gasteiger partial charge on any atom is -0.468 e. The molecule has 4 rings (SSSR count). The maximum atomic E-state index is 12.8. The maximum Gasteiger partial charge on any atom is 0.316 e. The molecule has 8 nitrogen and oxygen atoms in total. The number of likely N-dealkylation sites (tertiary alicyclic amines) is 1. The van der Waals surface area contributed by atoms with Gasteiger partial charge >= 0.3 is 11.1 Å². The number of aromatic nitrogens is 2. The first-order valence-electron chi connectivity index (χ1n) is 10.4. The lowest BCUT2D eigenvalue weighted by Crippen LogP contribution is -2.40. The lowest BCUT2D eigenvalue weighted by atomic mass is 10.1. The van der Waals surface area contributed by atoms with Crippen LogP contribution < -0.4 is 16.4 Å². The van der Waals surface area contributed by atoms with Gasteiger partial charge in [-0.3, -0.25) is 19.3 Å². The molecule has 1 aromatic carbocycles. The Bertz CT molecular complexity index is 1140. The van der Waals surface area contributed by atoms with E-state index in [4.69, 9.17) is 4.42 Å². The third-order valence-electron chi connectivity index (χ3n) is 5.71. The summed E-state index contributed by atoms with van der Waals surface area (Å²) in [4.78, 5) is 41.7. The van der Waals surface area contributed by atoms with Crippen molar-refractivity contribution in [2.75, 3.05) is 19.6 Å². The molecule has 8 heteroatoms. The molecule has 2 aromatic heterocycles. The van der Waals surface area contributed by atoms with Crippen LogP contribution in [0.15, 0.2) is 50.6 Å². The highest BCUT2D eigenvalue weighted by molar-refractivity contribution is 5.97. The van der Waals surface area contributed by atoms with Gasteiger partial charge in [-0.25, -0.2) is 0 Å². The van der Waals surface area contributed by atoms with Gasteiger partial charge in [-0.15, -0.1) is 0 Å². The zero-order valence-corrected chi connectivity index (χ0v) is 17.0. The zero-order valence-electron chi connectivity index (χ0n) is 17.0. The fourth-order valence-corrected chi connectivity index (χ4v) is 4.15. The summed E-state index contributed by atoms with van der Waals surface area (Å²) in [6, 6.07) is 8.76. The molecule has 0 radical (unpaired) electrons. The van der Waals surface area contributed by atoms with Crippen molar-refractivity contribution in [3.63, 3.8) is 0 Å². The van der Waals surface area contributed by atoms with Crippen LogP contribution in [0, 0.1) is 0 Å². The van der Waals surface area contributed by atoms with Crippen LogP contribution >= 0.6 is 0 Å². The van der Waals surface area contributed by atoms with Crippen molar-refractivity contribution in [1.29, 1.82) is 0 Å². The van der Waals surface area contributed by atoms with Gasteiger partial charge in [0.2, 0.25) is 0 Å². The summed E-state index contributed by atoms with van der Waals surface area (Å²) in [6.45, 7) is 4.57. The van der Waals surface area contributed by atoms with Gasteiger partial charge in [-0.05, 0) is 63.2 Å². The number of carbonyl (C=O) groups excluding carboxylic acids is 1. The molecule has 0 saturated carbocycles. The number of aryl methyl sites for hydroxylation is 1. The van der Waals surface area contributed by atoms with Crippen molar-refractivity contribution in [1.82, 2.24) is 19.8 Å². The Balaban J connectivity index is 1.55. The van der Waals surface area contributed by atoms with E-state index >= 15 is 0 Å². The van der Waals surface area contributed by atoms with Gasteiger partial charge in [0.1, 0.15) is 5.76 Å². The molecule has 30 heavy (non-hydrogen) atoms. The lowest BCUT2D eigenvalue weighted by Gasteiger charge is -2.33. The molecule has 3 aromatic rings. The summed E-state index contributed by atoms with van der Waals surface area (Å²) in [5, 5.41) is 3.00. The Kier molecular flexibility index (Phi) is 5.85. The van der Waals surface area contributed by atoms with E-state index in [0.717, 1.165) is 31.7 Å². The molecule has 3 heterocycles. The van der Waals surface area contributed by atoms with E-state index in [1.165, 1.54) is 11.0 Å². The normalized spacial score (nSPS) is 15.9. The largest absolute Gasteiger partial charge is 0.468 e. The van der Waals surface area contributed by atoms with Crippen LogP contribution in [0.5, 0.6) is 0 Å². The quantitative estimate of drug-likeness (QED) is 0.607. The average molecular weight is 410 g/mol. The SMILES string of the molecule is CCn1c(=O)c(=O)[nH]c2cc(C(=O)NC[C@H](c3ccco3)N3CCCCC3)ccc21. The molecular weight excluding hydrogens is 384 g/mol. The molecule has 2 N–H and O–H groups in total. The predicted molar refractivity (Wildman–Crippen MR) is 114 cm³/mol. The highest BCUT2D eigenvalue weighted by atomic mass is 16.3. The Hall–Kier alpha value is -3.13. The number of piperidine rings is 1. The van der Waals surface area contributed by atoms with Crippen LogP contribution in [0.1, 0.15) is 48.3 Å². The number of hydrogen-bond acceptors (Lipinski definition) is 5. The zero-order chi connectivity index (χ0) is 21.1. The molecule has 1 atom stereocenters. The van der Waals surface area contributed by atoms with E-state index in [-0.39, 0.29) is 11.9 Å². The van der Waals surface area contributed by atoms with Crippen molar-refractivity contribution in [2.24, 2.45) is 0 Å². The molecule has 1 saturated heterocycles. The third kappa shape index (κ3) is 3.95. The van der Waals surface area contributed by atoms with E-state index in [9.17, 15) is 14.4 Å². The molecule has 0 spiro atoms. The smallest absolute Gasteiger partial charge is 0.316 e. The molecule has 158 valence electrons. The van der Waals surface area contributed by atoms with Gasteiger partial charge in [-0.2, -0.15) is 0 Å². The predicted octanol–water partition coefficient (Wildman–Crippen LogP) is 2.26. The molecule has 1 amide bonds. The third-order valence-corrected chi connectivity index (χ3v) is 5.71. The van der Waals surface area contributed by atoms with E-state index < -0.39 is 11.1 Å². The van der Waals surface area contributed by atoms with Crippen LogP contribution in [0.2, 0.25) is 0 Å². The van der Waals surface area contributed by atoms with Crippen molar-refractivity contribution in [3.05, 3.63) is 68.6 Å². The fraction of sp³-hybridized carbons (Fsp3) is 0.409. The monoisotopic (exact) mass is 410 g/mol. The second-order valence-corrected chi connectivity index (χ2v) is 7.57. The minimum absolute atomic E-state index is 0.0187. The van der Waals surface area contributed by atoms with E-state index in [0.29, 0.717) is 29.7 Å². The second-order valence-electron chi connectivity index (χ2n) is 7.57. The number of H-pyrrole nitrogens is 1. The first-order valence-corrected chi connectivity index (χ1v) is 10.4. The molecular formula is C22H26N4O4. The lowest BCUT2D eigenvalue weighted by molar-refractivity contribution is 0.0914. The minimum atomic E-state index is -0.690. The van der Waals surface area contributed by atoms with E-state index in [1.54, 1.807) is 31.4 Å². The van der Waals surface area contributed by atoms with Crippen LogP contribution in [-0.2, 0) is 6.54 Å².